The molecule has 0 bridgehead atoms. The molecule has 34 heavy (non-hydrogen) atoms. The highest BCUT2D eigenvalue weighted by molar-refractivity contribution is 7.99. The second-order valence-electron chi connectivity index (χ2n) is 8.45. The summed E-state index contributed by atoms with van der Waals surface area (Å²) >= 11 is 9.94. The first kappa shape index (κ1) is 23.3. The van der Waals surface area contributed by atoms with Gasteiger partial charge >= 0.3 is 0 Å². The highest BCUT2D eigenvalue weighted by Gasteiger charge is 2.23. The molecule has 0 fully saturated rings. The number of halogens is 1. The van der Waals surface area contributed by atoms with Crippen LogP contribution in [-0.2, 0) is 12.8 Å². The number of aryl methyl sites for hydroxylation is 1. The molecule has 1 aliphatic rings. The van der Waals surface area contributed by atoms with E-state index in [-0.39, 0.29) is 5.56 Å². The van der Waals surface area contributed by atoms with E-state index in [0.717, 1.165) is 35.2 Å². The molecule has 0 amide bonds. The minimum atomic E-state index is -0.0968. The molecule has 0 radical (unpaired) electrons. The Morgan fingerprint density at radius 1 is 1.26 bits per heavy atom. The van der Waals surface area contributed by atoms with Crippen molar-refractivity contribution in [2.75, 3.05) is 19.5 Å². The minimum absolute atomic E-state index is 0.0968. The zero-order chi connectivity index (χ0) is 23.7. The number of nitrogens with zero attached hydrogens (tertiary/aromatic N) is 1. The number of nitrogens with one attached hydrogen (secondary N) is 1. The molecule has 8 heteroatoms. The van der Waals surface area contributed by atoms with Gasteiger partial charge in [0.25, 0.3) is 5.56 Å². The Labute approximate surface area is 211 Å². The number of aromatic amines is 1. The number of hydrogen-bond acceptors (Lipinski definition) is 6. The third-order valence-electron chi connectivity index (χ3n) is 6.01. The molecule has 2 heterocycles. The summed E-state index contributed by atoms with van der Waals surface area (Å²) in [5.41, 5.74) is 1.76. The van der Waals surface area contributed by atoms with Crippen molar-refractivity contribution in [1.82, 2.24) is 9.97 Å². The summed E-state index contributed by atoms with van der Waals surface area (Å²) in [5, 5.41) is 1.16. The first-order valence-corrected chi connectivity index (χ1v) is 13.4. The number of ether oxygens (including phenoxy) is 2. The Hall–Kier alpha value is -2.48. The van der Waals surface area contributed by atoms with E-state index in [9.17, 15) is 4.79 Å². The zero-order valence-electron chi connectivity index (χ0n) is 19.0. The van der Waals surface area contributed by atoms with Gasteiger partial charge in [-0.15, -0.1) is 23.1 Å². The van der Waals surface area contributed by atoms with Gasteiger partial charge in [-0.05, 0) is 55.0 Å². The maximum Gasteiger partial charge on any atom is 0.260 e. The largest absolute Gasteiger partial charge is 0.493 e. The van der Waals surface area contributed by atoms with Crippen LogP contribution in [0.1, 0.15) is 23.8 Å². The van der Waals surface area contributed by atoms with Gasteiger partial charge in [0.15, 0.2) is 11.5 Å². The zero-order valence-corrected chi connectivity index (χ0v) is 21.4. The quantitative estimate of drug-likeness (QED) is 0.223. The third-order valence-corrected chi connectivity index (χ3v) is 8.42. The fraction of sp³-hybridized carbons (Fsp3) is 0.308. The SMILES string of the molecule is COc1cc(-c2nc3sc4c(c3c(=O)[nH]2)CC[C@@H](C)C4)cc(Cl)c1OCCSc1ccccc1. The van der Waals surface area contributed by atoms with Crippen molar-refractivity contribution in [3.63, 3.8) is 0 Å². The van der Waals surface area contributed by atoms with E-state index in [4.69, 9.17) is 26.1 Å². The number of H-pyrrole nitrogens is 1. The predicted molar refractivity (Wildman–Crippen MR) is 141 cm³/mol. The highest BCUT2D eigenvalue weighted by atomic mass is 35.5. The van der Waals surface area contributed by atoms with Crippen LogP contribution >= 0.6 is 34.7 Å². The molecule has 0 aliphatic heterocycles. The molecule has 1 aliphatic carbocycles. The van der Waals surface area contributed by atoms with E-state index < -0.39 is 0 Å². The first-order chi connectivity index (χ1) is 16.5. The standard InChI is InChI=1S/C26H25ClN2O3S2/c1-15-8-9-18-21(12-15)34-26-22(18)25(30)28-24(29-26)16-13-19(27)23(20(14-16)31-2)32-10-11-33-17-6-4-3-5-7-17/h3-7,13-15H,8-12H2,1-2H3,(H,28,29,30)/t15-/m1/s1. The van der Waals surface area contributed by atoms with Crippen LogP contribution in [0.5, 0.6) is 11.5 Å². The molecule has 2 aromatic heterocycles. The van der Waals surface area contributed by atoms with Crippen LogP contribution in [0.2, 0.25) is 5.02 Å². The van der Waals surface area contributed by atoms with Gasteiger partial charge in [-0.3, -0.25) is 4.79 Å². The van der Waals surface area contributed by atoms with Crippen molar-refractivity contribution in [1.29, 1.82) is 0 Å². The number of aromatic nitrogens is 2. The average Bonchev–Trinajstić information content (AvgIpc) is 3.20. The Morgan fingerprint density at radius 3 is 2.88 bits per heavy atom. The molecule has 1 N–H and O–H groups in total. The van der Waals surface area contributed by atoms with Crippen molar-refractivity contribution >= 4 is 44.9 Å². The minimum Gasteiger partial charge on any atom is -0.493 e. The molecule has 5 rings (SSSR count). The van der Waals surface area contributed by atoms with Crippen LogP contribution < -0.4 is 15.0 Å². The number of rotatable bonds is 7. The van der Waals surface area contributed by atoms with Gasteiger partial charge in [-0.25, -0.2) is 4.98 Å². The van der Waals surface area contributed by atoms with Gasteiger partial charge < -0.3 is 14.5 Å². The first-order valence-electron chi connectivity index (χ1n) is 11.3. The lowest BCUT2D eigenvalue weighted by Crippen LogP contribution is -2.13. The fourth-order valence-corrected chi connectivity index (χ4v) is 6.70. The van der Waals surface area contributed by atoms with E-state index in [0.29, 0.717) is 40.4 Å². The summed E-state index contributed by atoms with van der Waals surface area (Å²) in [4.78, 5) is 24.0. The maximum atomic E-state index is 13.0. The van der Waals surface area contributed by atoms with E-state index >= 15 is 0 Å². The summed E-state index contributed by atoms with van der Waals surface area (Å²) in [6, 6.07) is 13.8. The Kier molecular flexibility index (Phi) is 6.86. The molecule has 0 unspecified atom stereocenters. The summed E-state index contributed by atoms with van der Waals surface area (Å²) in [5.74, 6) is 2.90. The van der Waals surface area contributed by atoms with Gasteiger partial charge in [-0.2, -0.15) is 0 Å². The predicted octanol–water partition coefficient (Wildman–Crippen LogP) is 6.61. The lowest BCUT2D eigenvalue weighted by Gasteiger charge is -2.17. The van der Waals surface area contributed by atoms with E-state index in [1.165, 1.54) is 15.3 Å². The normalized spacial score (nSPS) is 15.3. The average molecular weight is 513 g/mol. The molecule has 0 saturated carbocycles. The topological polar surface area (TPSA) is 64.2 Å². The summed E-state index contributed by atoms with van der Waals surface area (Å²) in [7, 11) is 1.58. The van der Waals surface area contributed by atoms with E-state index in [1.54, 1.807) is 36.3 Å². The van der Waals surface area contributed by atoms with Crippen molar-refractivity contribution < 1.29 is 9.47 Å². The van der Waals surface area contributed by atoms with Crippen molar-refractivity contribution in [3.8, 4) is 22.9 Å². The number of fused-ring (bicyclic) bond motifs is 3. The van der Waals surface area contributed by atoms with Gasteiger partial charge in [0.2, 0.25) is 0 Å². The van der Waals surface area contributed by atoms with Gasteiger partial charge in [0.1, 0.15) is 10.7 Å². The molecule has 5 nitrogen and oxygen atoms in total. The third kappa shape index (κ3) is 4.69. The lowest BCUT2D eigenvalue weighted by molar-refractivity contribution is 0.314. The van der Waals surface area contributed by atoms with Crippen LogP contribution in [0.25, 0.3) is 21.6 Å². The Balaban J connectivity index is 1.40. The highest BCUT2D eigenvalue weighted by Crippen LogP contribution is 2.40. The van der Waals surface area contributed by atoms with E-state index in [1.807, 2.05) is 24.3 Å². The maximum absolute atomic E-state index is 13.0. The van der Waals surface area contributed by atoms with Gasteiger partial charge in [0, 0.05) is 21.1 Å². The number of thioether (sulfide) groups is 1. The Morgan fingerprint density at radius 2 is 2.09 bits per heavy atom. The number of hydrogen-bond donors (Lipinski definition) is 1. The molecule has 0 spiro atoms. The lowest BCUT2D eigenvalue weighted by atomic mass is 9.89. The molecule has 176 valence electrons. The molecule has 1 atom stereocenters. The van der Waals surface area contributed by atoms with E-state index in [2.05, 4.69) is 24.0 Å². The number of thiophene rings is 1. The van der Waals surface area contributed by atoms with Crippen molar-refractivity contribution in [3.05, 3.63) is 68.3 Å². The second-order valence-corrected chi connectivity index (χ2v) is 11.1. The molecule has 4 aromatic rings. The molecule has 2 aromatic carbocycles. The smallest absolute Gasteiger partial charge is 0.260 e. The summed E-state index contributed by atoms with van der Waals surface area (Å²) < 4.78 is 11.5. The van der Waals surface area contributed by atoms with Crippen molar-refractivity contribution in [2.45, 2.75) is 31.1 Å². The molecular formula is C26H25ClN2O3S2. The van der Waals surface area contributed by atoms with Crippen LogP contribution in [0.3, 0.4) is 0 Å². The van der Waals surface area contributed by atoms with Gasteiger partial charge in [0.05, 0.1) is 24.1 Å². The van der Waals surface area contributed by atoms with Gasteiger partial charge in [-0.1, -0.05) is 36.7 Å². The monoisotopic (exact) mass is 512 g/mol. The second kappa shape index (κ2) is 10.0. The molecular weight excluding hydrogens is 488 g/mol. The van der Waals surface area contributed by atoms with Crippen LogP contribution in [0.4, 0.5) is 0 Å². The van der Waals surface area contributed by atoms with Crippen LogP contribution in [-0.4, -0.2) is 29.4 Å². The fourth-order valence-electron chi connectivity index (χ4n) is 4.30. The van der Waals surface area contributed by atoms with Crippen LogP contribution in [0, 0.1) is 5.92 Å². The Bertz CT molecular complexity index is 1380. The summed E-state index contributed by atoms with van der Waals surface area (Å²) in [6.07, 6.45) is 3.06. The van der Waals surface area contributed by atoms with Crippen molar-refractivity contribution in [2.24, 2.45) is 5.92 Å². The number of methoxy groups -OCH3 is 1. The molecule has 0 saturated heterocycles. The number of benzene rings is 2. The van der Waals surface area contributed by atoms with Crippen LogP contribution in [0.15, 0.2) is 52.2 Å². The summed E-state index contributed by atoms with van der Waals surface area (Å²) in [6.45, 7) is 2.74.